The third kappa shape index (κ3) is 3.76. The highest BCUT2D eigenvalue weighted by molar-refractivity contribution is 7.09. The van der Waals surface area contributed by atoms with Gasteiger partial charge >= 0.3 is 0 Å². The van der Waals surface area contributed by atoms with E-state index in [9.17, 15) is 0 Å². The van der Waals surface area contributed by atoms with E-state index in [2.05, 4.69) is 43.4 Å². The van der Waals surface area contributed by atoms with Crippen LogP contribution >= 0.6 is 11.3 Å². The number of nitrogens with zero attached hydrogens (tertiary/aromatic N) is 1. The predicted molar refractivity (Wildman–Crippen MR) is 62.9 cm³/mol. The van der Waals surface area contributed by atoms with E-state index in [1.807, 2.05) is 0 Å². The van der Waals surface area contributed by atoms with Gasteiger partial charge in [-0.05, 0) is 25.3 Å². The van der Waals surface area contributed by atoms with Crippen LogP contribution in [0.3, 0.4) is 0 Å². The Hall–Kier alpha value is -0.410. The fraction of sp³-hybridized carbons (Fsp3) is 0.727. The van der Waals surface area contributed by atoms with Crippen molar-refractivity contribution < 1.29 is 0 Å². The first-order chi connectivity index (χ1) is 6.53. The van der Waals surface area contributed by atoms with Gasteiger partial charge in [-0.2, -0.15) is 0 Å². The summed E-state index contributed by atoms with van der Waals surface area (Å²) in [6.45, 7) is 10.9. The summed E-state index contributed by atoms with van der Waals surface area (Å²) in [5.74, 6) is 0. The molecule has 0 amide bonds. The fourth-order valence-corrected chi connectivity index (χ4v) is 2.12. The quantitative estimate of drug-likeness (QED) is 0.811. The Morgan fingerprint density at radius 1 is 1.50 bits per heavy atom. The van der Waals surface area contributed by atoms with E-state index < -0.39 is 0 Å². The van der Waals surface area contributed by atoms with E-state index >= 15 is 0 Å². The zero-order valence-electron chi connectivity index (χ0n) is 9.55. The standard InChI is InChI=1S/C11H20N2S/c1-5-12-8-11(3,4)6-10-7-14-9(2)13-10/h7,12H,5-6,8H2,1-4H3. The largest absolute Gasteiger partial charge is 0.316 e. The van der Waals surface area contributed by atoms with Gasteiger partial charge in [0.15, 0.2) is 0 Å². The summed E-state index contributed by atoms with van der Waals surface area (Å²) >= 11 is 1.74. The minimum absolute atomic E-state index is 0.302. The minimum Gasteiger partial charge on any atom is -0.316 e. The van der Waals surface area contributed by atoms with Crippen LogP contribution in [-0.2, 0) is 6.42 Å². The second-order valence-corrected chi connectivity index (χ2v) is 5.54. The Morgan fingerprint density at radius 3 is 2.71 bits per heavy atom. The van der Waals surface area contributed by atoms with Crippen LogP contribution in [0.4, 0.5) is 0 Å². The van der Waals surface area contributed by atoms with Gasteiger partial charge in [0.25, 0.3) is 0 Å². The number of hydrogen-bond donors (Lipinski definition) is 1. The van der Waals surface area contributed by atoms with Crippen molar-refractivity contribution in [2.75, 3.05) is 13.1 Å². The van der Waals surface area contributed by atoms with E-state index in [0.29, 0.717) is 5.41 Å². The monoisotopic (exact) mass is 212 g/mol. The Bertz CT molecular complexity index is 279. The Kier molecular flexibility index (Phi) is 4.08. The maximum Gasteiger partial charge on any atom is 0.0897 e. The lowest BCUT2D eigenvalue weighted by Crippen LogP contribution is -2.31. The maximum atomic E-state index is 4.49. The van der Waals surface area contributed by atoms with Gasteiger partial charge in [0.2, 0.25) is 0 Å². The van der Waals surface area contributed by atoms with Gasteiger partial charge < -0.3 is 5.32 Å². The average Bonchev–Trinajstić information content (AvgIpc) is 2.47. The van der Waals surface area contributed by atoms with Crippen LogP contribution < -0.4 is 5.32 Å². The predicted octanol–water partition coefficient (Wildman–Crippen LogP) is 2.63. The maximum absolute atomic E-state index is 4.49. The van der Waals surface area contributed by atoms with Gasteiger partial charge in [-0.15, -0.1) is 11.3 Å². The number of hydrogen-bond acceptors (Lipinski definition) is 3. The number of aryl methyl sites for hydroxylation is 1. The normalized spacial score (nSPS) is 12.0. The summed E-state index contributed by atoms with van der Waals surface area (Å²) in [7, 11) is 0. The number of rotatable bonds is 5. The molecule has 0 saturated heterocycles. The van der Waals surface area contributed by atoms with Crippen molar-refractivity contribution in [3.8, 4) is 0 Å². The molecule has 0 aliphatic carbocycles. The van der Waals surface area contributed by atoms with Gasteiger partial charge in [-0.25, -0.2) is 4.98 Å². The van der Waals surface area contributed by atoms with Gasteiger partial charge in [0.05, 0.1) is 10.7 Å². The summed E-state index contributed by atoms with van der Waals surface area (Å²) in [6.07, 6.45) is 1.06. The van der Waals surface area contributed by atoms with Crippen LogP contribution in [0.15, 0.2) is 5.38 Å². The van der Waals surface area contributed by atoms with Gasteiger partial charge in [0.1, 0.15) is 0 Å². The fourth-order valence-electron chi connectivity index (χ4n) is 1.51. The molecule has 1 aromatic rings. The summed E-state index contributed by atoms with van der Waals surface area (Å²) in [4.78, 5) is 4.49. The van der Waals surface area contributed by atoms with Crippen molar-refractivity contribution in [1.29, 1.82) is 0 Å². The van der Waals surface area contributed by atoms with Crippen LogP contribution in [0.5, 0.6) is 0 Å². The molecule has 0 atom stereocenters. The molecular formula is C11H20N2S. The van der Waals surface area contributed by atoms with Crippen molar-refractivity contribution in [1.82, 2.24) is 10.3 Å². The molecule has 80 valence electrons. The first kappa shape index (κ1) is 11.7. The molecule has 1 rings (SSSR count). The van der Waals surface area contributed by atoms with Crippen LogP contribution in [0.1, 0.15) is 31.5 Å². The molecule has 2 nitrogen and oxygen atoms in total. The number of thiazole rings is 1. The minimum atomic E-state index is 0.302. The summed E-state index contributed by atoms with van der Waals surface area (Å²) in [5.41, 5.74) is 1.53. The Balaban J connectivity index is 2.49. The van der Waals surface area contributed by atoms with E-state index in [1.165, 1.54) is 10.7 Å². The molecule has 0 bridgehead atoms. The second-order valence-electron chi connectivity index (χ2n) is 4.48. The van der Waals surface area contributed by atoms with Crippen molar-refractivity contribution in [2.24, 2.45) is 5.41 Å². The SMILES string of the molecule is CCNCC(C)(C)Cc1csc(C)n1. The lowest BCUT2D eigenvalue weighted by molar-refractivity contribution is 0.339. The first-order valence-electron chi connectivity index (χ1n) is 5.15. The van der Waals surface area contributed by atoms with Crippen LogP contribution in [0.25, 0.3) is 0 Å². The average molecular weight is 212 g/mol. The molecule has 0 saturated carbocycles. The molecule has 0 aliphatic rings. The molecule has 1 N–H and O–H groups in total. The second kappa shape index (κ2) is 4.89. The lowest BCUT2D eigenvalue weighted by Gasteiger charge is -2.23. The van der Waals surface area contributed by atoms with Crippen molar-refractivity contribution >= 4 is 11.3 Å². The molecule has 0 radical (unpaired) electrons. The molecule has 3 heteroatoms. The van der Waals surface area contributed by atoms with Gasteiger partial charge in [0, 0.05) is 11.9 Å². The molecule has 0 aliphatic heterocycles. The Morgan fingerprint density at radius 2 is 2.21 bits per heavy atom. The highest BCUT2D eigenvalue weighted by Crippen LogP contribution is 2.21. The van der Waals surface area contributed by atoms with Crippen molar-refractivity contribution in [3.63, 3.8) is 0 Å². The van der Waals surface area contributed by atoms with E-state index in [-0.39, 0.29) is 0 Å². The highest BCUT2D eigenvalue weighted by Gasteiger charge is 2.18. The third-order valence-electron chi connectivity index (χ3n) is 2.18. The number of nitrogens with one attached hydrogen (secondary N) is 1. The van der Waals surface area contributed by atoms with Crippen LogP contribution in [-0.4, -0.2) is 18.1 Å². The number of aromatic nitrogens is 1. The zero-order chi connectivity index (χ0) is 10.6. The topological polar surface area (TPSA) is 24.9 Å². The molecular weight excluding hydrogens is 192 g/mol. The zero-order valence-corrected chi connectivity index (χ0v) is 10.4. The third-order valence-corrected chi connectivity index (χ3v) is 3.00. The summed E-state index contributed by atoms with van der Waals surface area (Å²) < 4.78 is 0. The highest BCUT2D eigenvalue weighted by atomic mass is 32.1. The lowest BCUT2D eigenvalue weighted by atomic mass is 9.88. The molecule has 0 fully saturated rings. The molecule has 0 unspecified atom stereocenters. The molecule has 14 heavy (non-hydrogen) atoms. The van der Waals surface area contributed by atoms with Crippen LogP contribution in [0, 0.1) is 12.3 Å². The van der Waals surface area contributed by atoms with E-state index in [1.54, 1.807) is 11.3 Å². The van der Waals surface area contributed by atoms with E-state index in [0.717, 1.165) is 19.5 Å². The molecule has 0 spiro atoms. The molecule has 1 heterocycles. The van der Waals surface area contributed by atoms with Crippen molar-refractivity contribution in [2.45, 2.75) is 34.1 Å². The summed E-state index contributed by atoms with van der Waals surface area (Å²) in [6, 6.07) is 0. The summed E-state index contributed by atoms with van der Waals surface area (Å²) in [5, 5.41) is 6.73. The van der Waals surface area contributed by atoms with Gasteiger partial charge in [-0.3, -0.25) is 0 Å². The van der Waals surface area contributed by atoms with Crippen LogP contribution in [0.2, 0.25) is 0 Å². The first-order valence-corrected chi connectivity index (χ1v) is 6.03. The van der Waals surface area contributed by atoms with Gasteiger partial charge in [-0.1, -0.05) is 20.8 Å². The Labute approximate surface area is 90.8 Å². The molecule has 1 aromatic heterocycles. The molecule has 0 aromatic carbocycles. The smallest absolute Gasteiger partial charge is 0.0897 e. The van der Waals surface area contributed by atoms with Crippen molar-refractivity contribution in [3.05, 3.63) is 16.1 Å². The van der Waals surface area contributed by atoms with E-state index in [4.69, 9.17) is 0 Å².